The molecule has 1 N–H and O–H groups in total. The predicted octanol–water partition coefficient (Wildman–Crippen LogP) is 2.74. The van der Waals surface area contributed by atoms with Crippen molar-refractivity contribution in [1.82, 2.24) is 10.2 Å². The molecule has 2 nitrogen and oxygen atoms in total. The summed E-state index contributed by atoms with van der Waals surface area (Å²) in [6.07, 6.45) is 2.49. The van der Waals surface area contributed by atoms with E-state index < -0.39 is 0 Å². The fourth-order valence-electron chi connectivity index (χ4n) is 1.56. The molecule has 0 aromatic heterocycles. The second-order valence-electron chi connectivity index (χ2n) is 4.87. The van der Waals surface area contributed by atoms with E-state index in [-0.39, 0.29) is 0 Å². The summed E-state index contributed by atoms with van der Waals surface area (Å²) in [5.41, 5.74) is 0. The number of rotatable bonds is 8. The third kappa shape index (κ3) is 6.16. The van der Waals surface area contributed by atoms with E-state index in [1.807, 2.05) is 0 Å². The highest BCUT2D eigenvalue weighted by molar-refractivity contribution is 4.69. The lowest BCUT2D eigenvalue weighted by Crippen LogP contribution is -2.39. The molecule has 0 spiro atoms. The van der Waals surface area contributed by atoms with Crippen LogP contribution in [0.3, 0.4) is 0 Å². The van der Waals surface area contributed by atoms with Gasteiger partial charge in [0.15, 0.2) is 0 Å². The largest absolute Gasteiger partial charge is 0.313 e. The molecule has 0 rings (SSSR count). The Kier molecular flexibility index (Phi) is 8.07. The van der Waals surface area contributed by atoms with Crippen LogP contribution >= 0.6 is 0 Å². The van der Waals surface area contributed by atoms with E-state index in [9.17, 15) is 0 Å². The first-order chi connectivity index (χ1) is 7.02. The van der Waals surface area contributed by atoms with Gasteiger partial charge in [0.05, 0.1) is 0 Å². The van der Waals surface area contributed by atoms with Gasteiger partial charge in [-0.15, -0.1) is 0 Å². The Morgan fingerprint density at radius 1 is 1.07 bits per heavy atom. The van der Waals surface area contributed by atoms with Gasteiger partial charge in [0.1, 0.15) is 0 Å². The molecule has 0 bridgehead atoms. The van der Waals surface area contributed by atoms with Crippen LogP contribution in [0.2, 0.25) is 0 Å². The molecule has 3 unspecified atom stereocenters. The first-order valence-electron chi connectivity index (χ1n) is 6.46. The van der Waals surface area contributed by atoms with Gasteiger partial charge in [0.25, 0.3) is 0 Å². The van der Waals surface area contributed by atoms with E-state index in [2.05, 4.69) is 51.9 Å². The van der Waals surface area contributed by atoms with Gasteiger partial charge < -0.3 is 10.2 Å². The van der Waals surface area contributed by atoms with Gasteiger partial charge in [-0.3, -0.25) is 0 Å². The molecule has 2 heteroatoms. The zero-order valence-corrected chi connectivity index (χ0v) is 11.5. The molecule has 3 atom stereocenters. The van der Waals surface area contributed by atoms with Crippen LogP contribution in [0.5, 0.6) is 0 Å². The topological polar surface area (TPSA) is 15.3 Å². The Bertz CT molecular complexity index is 131. The van der Waals surface area contributed by atoms with Crippen molar-refractivity contribution < 1.29 is 0 Å². The number of hydrogen-bond donors (Lipinski definition) is 1. The number of hydrogen-bond acceptors (Lipinski definition) is 2. The number of likely N-dealkylation sites (N-methyl/N-ethyl adjacent to an activating group) is 1. The summed E-state index contributed by atoms with van der Waals surface area (Å²) in [6, 6.07) is 1.34. The van der Waals surface area contributed by atoms with E-state index in [1.54, 1.807) is 0 Å². The Morgan fingerprint density at radius 2 is 1.67 bits per heavy atom. The Morgan fingerprint density at radius 3 is 2.13 bits per heavy atom. The molecule has 0 aliphatic carbocycles. The number of nitrogens with one attached hydrogen (secondary N) is 1. The molecule has 0 fully saturated rings. The van der Waals surface area contributed by atoms with Gasteiger partial charge in [-0.1, -0.05) is 27.2 Å². The lowest BCUT2D eigenvalue weighted by molar-refractivity contribution is 0.244. The quantitative estimate of drug-likeness (QED) is 0.668. The van der Waals surface area contributed by atoms with Gasteiger partial charge in [-0.05, 0) is 33.2 Å². The summed E-state index contributed by atoms with van der Waals surface area (Å²) >= 11 is 0. The van der Waals surface area contributed by atoms with Crippen molar-refractivity contribution in [2.24, 2.45) is 5.92 Å². The smallest absolute Gasteiger partial charge is 0.0107 e. The minimum atomic E-state index is 0.639. The Balaban J connectivity index is 3.60. The molecule has 0 radical (unpaired) electrons. The molecule has 15 heavy (non-hydrogen) atoms. The van der Waals surface area contributed by atoms with Gasteiger partial charge in [-0.25, -0.2) is 0 Å². The molecule has 0 aliphatic heterocycles. The predicted molar refractivity (Wildman–Crippen MR) is 69.3 cm³/mol. The van der Waals surface area contributed by atoms with Gasteiger partial charge in [-0.2, -0.15) is 0 Å². The second kappa shape index (κ2) is 8.12. The van der Waals surface area contributed by atoms with Crippen molar-refractivity contribution in [3.8, 4) is 0 Å². The first-order valence-corrected chi connectivity index (χ1v) is 6.46. The Hall–Kier alpha value is -0.0800. The van der Waals surface area contributed by atoms with Crippen molar-refractivity contribution in [3.63, 3.8) is 0 Å². The van der Waals surface area contributed by atoms with E-state index >= 15 is 0 Å². The van der Waals surface area contributed by atoms with E-state index in [4.69, 9.17) is 0 Å². The van der Waals surface area contributed by atoms with Crippen LogP contribution in [-0.4, -0.2) is 37.1 Å². The van der Waals surface area contributed by atoms with Crippen LogP contribution in [-0.2, 0) is 0 Å². The standard InChI is InChI=1S/C13H30N2/c1-7-11(3)13(5)14-9-10-15(6)12(4)8-2/h11-14H,7-10H2,1-6H3. The maximum Gasteiger partial charge on any atom is 0.0107 e. The van der Waals surface area contributed by atoms with Crippen molar-refractivity contribution in [2.75, 3.05) is 20.1 Å². The number of nitrogens with zero attached hydrogens (tertiary/aromatic N) is 1. The van der Waals surface area contributed by atoms with Crippen LogP contribution < -0.4 is 5.32 Å². The molecule has 0 saturated carbocycles. The molecule has 0 aromatic carbocycles. The minimum Gasteiger partial charge on any atom is -0.313 e. The van der Waals surface area contributed by atoms with Crippen LogP contribution in [0.1, 0.15) is 47.5 Å². The summed E-state index contributed by atoms with van der Waals surface area (Å²) in [5.74, 6) is 0.777. The van der Waals surface area contributed by atoms with Crippen LogP contribution in [0.15, 0.2) is 0 Å². The van der Waals surface area contributed by atoms with Crippen molar-refractivity contribution in [1.29, 1.82) is 0 Å². The zero-order chi connectivity index (χ0) is 11.8. The fraction of sp³-hybridized carbons (Fsp3) is 1.00. The SMILES string of the molecule is CCC(C)C(C)NCCN(C)C(C)CC. The summed E-state index contributed by atoms with van der Waals surface area (Å²) in [4.78, 5) is 2.43. The van der Waals surface area contributed by atoms with E-state index in [1.165, 1.54) is 12.8 Å². The average molecular weight is 214 g/mol. The normalized spacial score (nSPS) is 17.8. The van der Waals surface area contributed by atoms with Gasteiger partial charge in [0.2, 0.25) is 0 Å². The van der Waals surface area contributed by atoms with E-state index in [0.717, 1.165) is 19.0 Å². The lowest BCUT2D eigenvalue weighted by atomic mass is 10.0. The van der Waals surface area contributed by atoms with Crippen molar-refractivity contribution >= 4 is 0 Å². The monoisotopic (exact) mass is 214 g/mol. The average Bonchev–Trinajstić information content (AvgIpc) is 2.26. The zero-order valence-electron chi connectivity index (χ0n) is 11.5. The van der Waals surface area contributed by atoms with Crippen LogP contribution in [0, 0.1) is 5.92 Å². The third-order valence-electron chi connectivity index (χ3n) is 3.77. The highest BCUT2D eigenvalue weighted by atomic mass is 15.1. The summed E-state index contributed by atoms with van der Waals surface area (Å²) in [7, 11) is 2.21. The van der Waals surface area contributed by atoms with Gasteiger partial charge in [0, 0.05) is 25.2 Å². The molecule has 0 amide bonds. The molecule has 0 aliphatic rings. The van der Waals surface area contributed by atoms with Crippen LogP contribution in [0.4, 0.5) is 0 Å². The second-order valence-corrected chi connectivity index (χ2v) is 4.87. The molecule has 0 saturated heterocycles. The van der Waals surface area contributed by atoms with Gasteiger partial charge >= 0.3 is 0 Å². The highest BCUT2D eigenvalue weighted by Crippen LogP contribution is 2.06. The molecule has 92 valence electrons. The lowest BCUT2D eigenvalue weighted by Gasteiger charge is -2.26. The minimum absolute atomic E-state index is 0.639. The van der Waals surface area contributed by atoms with E-state index in [0.29, 0.717) is 12.1 Å². The first kappa shape index (κ1) is 14.9. The molecular formula is C13H30N2. The highest BCUT2D eigenvalue weighted by Gasteiger charge is 2.10. The summed E-state index contributed by atoms with van der Waals surface area (Å²) < 4.78 is 0. The fourth-order valence-corrected chi connectivity index (χ4v) is 1.56. The third-order valence-corrected chi connectivity index (χ3v) is 3.77. The van der Waals surface area contributed by atoms with Crippen molar-refractivity contribution in [3.05, 3.63) is 0 Å². The Labute approximate surface area is 96.4 Å². The molecule has 0 heterocycles. The van der Waals surface area contributed by atoms with Crippen molar-refractivity contribution in [2.45, 2.75) is 59.5 Å². The maximum absolute atomic E-state index is 3.60. The molecule has 0 aromatic rings. The summed E-state index contributed by atoms with van der Waals surface area (Å²) in [5, 5.41) is 3.60. The summed E-state index contributed by atoms with van der Waals surface area (Å²) in [6.45, 7) is 13.7. The molecular weight excluding hydrogens is 184 g/mol. The maximum atomic E-state index is 3.60. The van der Waals surface area contributed by atoms with Crippen LogP contribution in [0.25, 0.3) is 0 Å².